The molecule has 0 aromatic carbocycles. The van der Waals surface area contributed by atoms with Crippen LogP contribution in [0.2, 0.25) is 0 Å². The van der Waals surface area contributed by atoms with Crippen LogP contribution < -0.4 is 0 Å². The van der Waals surface area contributed by atoms with Gasteiger partial charge in [-0.15, -0.1) is 0 Å². The molecule has 1 aliphatic carbocycles. The molecule has 106 valence electrons. The van der Waals surface area contributed by atoms with Gasteiger partial charge in [0.05, 0.1) is 19.3 Å². The Labute approximate surface area is 111 Å². The lowest BCUT2D eigenvalue weighted by molar-refractivity contribution is -0.141. The van der Waals surface area contributed by atoms with Crippen molar-refractivity contribution >= 4 is 26.6 Å². The molecule has 0 radical (unpaired) electrons. The first kappa shape index (κ1) is 15.6. The lowest BCUT2D eigenvalue weighted by Gasteiger charge is -2.12. The zero-order valence-electron chi connectivity index (χ0n) is 10.8. The second-order valence-corrected chi connectivity index (χ2v) is 8.86. The summed E-state index contributed by atoms with van der Waals surface area (Å²) in [7, 11) is -2.68. The van der Waals surface area contributed by atoms with Crippen molar-refractivity contribution in [1.29, 1.82) is 0 Å². The number of carbonyl (C=O) groups excluding carboxylic acids is 1. The fourth-order valence-corrected chi connectivity index (χ4v) is 4.36. The van der Waals surface area contributed by atoms with Gasteiger partial charge in [-0.2, -0.15) is 0 Å². The third-order valence-electron chi connectivity index (χ3n) is 3.06. The molecule has 0 aromatic heterocycles. The van der Waals surface area contributed by atoms with Crippen molar-refractivity contribution in [3.05, 3.63) is 0 Å². The van der Waals surface area contributed by atoms with E-state index in [0.29, 0.717) is 24.3 Å². The Morgan fingerprint density at radius 2 is 2.00 bits per heavy atom. The highest BCUT2D eigenvalue weighted by Gasteiger charge is 2.45. The first-order valence-corrected chi connectivity index (χ1v) is 9.41. The number of esters is 1. The van der Waals surface area contributed by atoms with Crippen LogP contribution in [-0.2, 0) is 30.2 Å². The largest absolute Gasteiger partial charge is 0.469 e. The van der Waals surface area contributed by atoms with E-state index in [1.165, 1.54) is 13.4 Å². The van der Waals surface area contributed by atoms with Crippen molar-refractivity contribution in [3.8, 4) is 0 Å². The smallest absolute Gasteiger partial charge is 0.306 e. The molecule has 1 fully saturated rings. The summed E-state index contributed by atoms with van der Waals surface area (Å²) in [6.45, 7) is 0. The number of hydrogen-bond acceptors (Lipinski definition) is 5. The van der Waals surface area contributed by atoms with Crippen molar-refractivity contribution < 1.29 is 22.2 Å². The van der Waals surface area contributed by atoms with Crippen LogP contribution in [0.25, 0.3) is 0 Å². The van der Waals surface area contributed by atoms with E-state index in [1.807, 2.05) is 0 Å². The first-order valence-electron chi connectivity index (χ1n) is 5.86. The van der Waals surface area contributed by atoms with Crippen LogP contribution in [0, 0.1) is 5.41 Å². The number of carbonyl (C=O) groups is 1. The molecular formula is C11H20O5S2. The zero-order chi connectivity index (χ0) is 13.8. The maximum atomic E-state index is 11.8. The van der Waals surface area contributed by atoms with Crippen LogP contribution in [0.5, 0.6) is 0 Å². The van der Waals surface area contributed by atoms with Crippen LogP contribution in [0.4, 0.5) is 0 Å². The minimum atomic E-state index is -2.98. The van der Waals surface area contributed by atoms with Crippen molar-refractivity contribution in [1.82, 2.24) is 0 Å². The Kier molecular flexibility index (Phi) is 5.33. The van der Waals surface area contributed by atoms with Gasteiger partial charge in [0.15, 0.2) is 0 Å². The molecule has 1 saturated carbocycles. The number of ether oxygens (including phenoxy) is 1. The third-order valence-corrected chi connectivity index (χ3v) is 5.77. The molecule has 0 aliphatic heterocycles. The predicted octanol–water partition coefficient (Wildman–Crippen LogP) is 0.513. The molecule has 18 heavy (non-hydrogen) atoms. The summed E-state index contributed by atoms with van der Waals surface area (Å²) in [5.74, 6) is 0.672. The van der Waals surface area contributed by atoms with Gasteiger partial charge in [0.1, 0.15) is 9.84 Å². The lowest BCUT2D eigenvalue weighted by Crippen LogP contribution is -2.20. The van der Waals surface area contributed by atoms with Crippen molar-refractivity contribution in [2.24, 2.45) is 5.41 Å². The van der Waals surface area contributed by atoms with Gasteiger partial charge in [-0.25, -0.2) is 8.42 Å². The fourth-order valence-electron chi connectivity index (χ4n) is 1.82. The Bertz CT molecular complexity index is 423. The number of sulfone groups is 1. The van der Waals surface area contributed by atoms with Crippen molar-refractivity contribution in [3.63, 3.8) is 0 Å². The number of hydrogen-bond donors (Lipinski definition) is 0. The molecule has 0 aromatic rings. The van der Waals surface area contributed by atoms with Crippen LogP contribution in [0.15, 0.2) is 0 Å². The van der Waals surface area contributed by atoms with Gasteiger partial charge in [0.2, 0.25) is 0 Å². The molecular weight excluding hydrogens is 276 g/mol. The standard InChI is InChI=1S/C11H20O5S2/c1-16-10(12)8-11(4-5-11)9-17(13)6-3-7-18(2,14)15/h3-9H2,1-2H3. The maximum absolute atomic E-state index is 11.8. The summed E-state index contributed by atoms with van der Waals surface area (Å²) in [5, 5.41) is 0. The van der Waals surface area contributed by atoms with Crippen LogP contribution in [0.1, 0.15) is 25.7 Å². The van der Waals surface area contributed by atoms with Gasteiger partial charge in [-0.1, -0.05) is 0 Å². The minimum absolute atomic E-state index is 0.0722. The van der Waals surface area contributed by atoms with Gasteiger partial charge >= 0.3 is 5.97 Å². The molecule has 0 bridgehead atoms. The average Bonchev–Trinajstić information content (AvgIpc) is 2.95. The van der Waals surface area contributed by atoms with Crippen LogP contribution in [0.3, 0.4) is 0 Å². The molecule has 0 N–H and O–H groups in total. The number of rotatable bonds is 8. The monoisotopic (exact) mass is 296 g/mol. The zero-order valence-corrected chi connectivity index (χ0v) is 12.4. The molecule has 1 atom stereocenters. The second kappa shape index (κ2) is 6.14. The second-order valence-electron chi connectivity index (χ2n) is 5.02. The quantitative estimate of drug-likeness (QED) is 0.610. The Morgan fingerprint density at radius 1 is 1.39 bits per heavy atom. The van der Waals surface area contributed by atoms with Crippen LogP contribution >= 0.6 is 0 Å². The number of methoxy groups -OCH3 is 1. The Balaban J connectivity index is 2.30. The summed E-state index contributed by atoms with van der Waals surface area (Å²) in [6, 6.07) is 0. The molecule has 1 unspecified atom stereocenters. The molecule has 0 spiro atoms. The van der Waals surface area contributed by atoms with E-state index < -0.39 is 20.6 Å². The van der Waals surface area contributed by atoms with E-state index >= 15 is 0 Å². The Hall–Kier alpha value is -0.430. The Morgan fingerprint density at radius 3 is 2.44 bits per heavy atom. The summed E-state index contributed by atoms with van der Waals surface area (Å²) >= 11 is 0. The summed E-state index contributed by atoms with van der Waals surface area (Å²) in [4.78, 5) is 11.2. The van der Waals surface area contributed by atoms with Gasteiger partial charge in [0, 0.05) is 28.6 Å². The summed E-state index contributed by atoms with van der Waals surface area (Å²) in [5.41, 5.74) is -0.150. The molecule has 0 saturated heterocycles. The van der Waals surface area contributed by atoms with Crippen LogP contribution in [-0.4, -0.2) is 49.2 Å². The average molecular weight is 296 g/mol. The predicted molar refractivity (Wildman–Crippen MR) is 70.5 cm³/mol. The normalized spacial score (nSPS) is 19.2. The summed E-state index contributed by atoms with van der Waals surface area (Å²) in [6.07, 6.45) is 3.72. The van der Waals surface area contributed by atoms with Crippen molar-refractivity contribution in [2.45, 2.75) is 25.7 Å². The van der Waals surface area contributed by atoms with E-state index in [-0.39, 0.29) is 17.1 Å². The highest BCUT2D eigenvalue weighted by Crippen LogP contribution is 2.49. The highest BCUT2D eigenvalue weighted by atomic mass is 32.2. The van der Waals surface area contributed by atoms with E-state index in [4.69, 9.17) is 0 Å². The highest BCUT2D eigenvalue weighted by molar-refractivity contribution is 7.90. The van der Waals surface area contributed by atoms with E-state index in [9.17, 15) is 17.4 Å². The van der Waals surface area contributed by atoms with E-state index in [0.717, 1.165) is 12.8 Å². The fraction of sp³-hybridized carbons (Fsp3) is 0.909. The molecule has 0 heterocycles. The van der Waals surface area contributed by atoms with E-state index in [2.05, 4.69) is 4.74 Å². The third kappa shape index (κ3) is 5.95. The molecule has 1 aliphatic rings. The summed E-state index contributed by atoms with van der Waals surface area (Å²) < 4.78 is 38.3. The van der Waals surface area contributed by atoms with E-state index in [1.54, 1.807) is 0 Å². The molecule has 1 rings (SSSR count). The SMILES string of the molecule is COC(=O)CC1(CS(=O)CCCS(C)(=O)=O)CC1. The molecule has 0 amide bonds. The molecule has 5 nitrogen and oxygen atoms in total. The topological polar surface area (TPSA) is 77.5 Å². The van der Waals surface area contributed by atoms with Gasteiger partial charge < -0.3 is 4.74 Å². The molecule has 7 heteroatoms. The maximum Gasteiger partial charge on any atom is 0.306 e. The first-order chi connectivity index (χ1) is 8.26. The minimum Gasteiger partial charge on any atom is -0.469 e. The van der Waals surface area contributed by atoms with Gasteiger partial charge in [-0.05, 0) is 24.7 Å². The van der Waals surface area contributed by atoms with Gasteiger partial charge in [0.25, 0.3) is 0 Å². The van der Waals surface area contributed by atoms with Gasteiger partial charge in [-0.3, -0.25) is 9.00 Å². The lowest BCUT2D eigenvalue weighted by atomic mass is 10.1. The van der Waals surface area contributed by atoms with Crippen molar-refractivity contribution in [2.75, 3.05) is 30.6 Å².